The van der Waals surface area contributed by atoms with E-state index in [-0.39, 0.29) is 22.1 Å². The van der Waals surface area contributed by atoms with Gasteiger partial charge >= 0.3 is 6.18 Å². The van der Waals surface area contributed by atoms with Gasteiger partial charge < -0.3 is 10.1 Å². The number of carbonyl (C=O) groups is 1. The number of morpholine rings is 1. The predicted molar refractivity (Wildman–Crippen MR) is 118 cm³/mol. The molecule has 176 valence electrons. The van der Waals surface area contributed by atoms with Crippen molar-refractivity contribution in [3.8, 4) is 11.3 Å². The average Bonchev–Trinajstić information content (AvgIpc) is 3.13. The molecule has 3 aromatic rings. The topological polar surface area (TPSA) is 71.8 Å². The summed E-state index contributed by atoms with van der Waals surface area (Å²) in [5.74, 6) is -0.659. The Morgan fingerprint density at radius 2 is 1.85 bits per heavy atom. The van der Waals surface area contributed by atoms with Gasteiger partial charge in [-0.1, -0.05) is 35.3 Å². The van der Waals surface area contributed by atoms with E-state index in [2.05, 4.69) is 20.3 Å². The van der Waals surface area contributed by atoms with Gasteiger partial charge in [-0.15, -0.1) is 0 Å². The first-order valence-electron chi connectivity index (χ1n) is 10.2. The third-order valence-corrected chi connectivity index (χ3v) is 5.82. The summed E-state index contributed by atoms with van der Waals surface area (Å²) in [5.41, 5.74) is -1.21. The number of nitrogens with zero attached hydrogens (tertiary/aromatic N) is 4. The molecule has 1 N–H and O–H groups in total. The van der Waals surface area contributed by atoms with Gasteiger partial charge in [0.1, 0.15) is 5.02 Å². The van der Waals surface area contributed by atoms with Crippen LogP contribution in [0.3, 0.4) is 0 Å². The lowest BCUT2D eigenvalue weighted by Gasteiger charge is -2.26. The Hall–Kier alpha value is -2.40. The molecule has 1 amide bonds. The lowest BCUT2D eigenvalue weighted by molar-refractivity contribution is -0.142. The molecule has 0 unspecified atom stereocenters. The van der Waals surface area contributed by atoms with Gasteiger partial charge in [0.25, 0.3) is 5.91 Å². The fraction of sp³-hybridized carbons (Fsp3) is 0.381. The molecule has 4 rings (SSSR count). The molecule has 2 aromatic heterocycles. The zero-order valence-electron chi connectivity index (χ0n) is 17.3. The van der Waals surface area contributed by atoms with E-state index in [0.717, 1.165) is 25.7 Å². The highest BCUT2D eigenvalue weighted by atomic mass is 35.5. The van der Waals surface area contributed by atoms with Crippen LogP contribution in [-0.4, -0.2) is 64.8 Å². The highest BCUT2D eigenvalue weighted by Gasteiger charge is 2.36. The quantitative estimate of drug-likeness (QED) is 0.513. The molecule has 3 heterocycles. The van der Waals surface area contributed by atoms with Crippen molar-refractivity contribution in [3.05, 3.63) is 51.8 Å². The van der Waals surface area contributed by atoms with E-state index in [1.54, 1.807) is 24.3 Å². The molecule has 0 atom stereocenters. The summed E-state index contributed by atoms with van der Waals surface area (Å²) in [5, 5.41) is 6.70. The van der Waals surface area contributed by atoms with E-state index in [0.29, 0.717) is 41.3 Å². The van der Waals surface area contributed by atoms with Crippen LogP contribution >= 0.6 is 23.2 Å². The van der Waals surface area contributed by atoms with Crippen molar-refractivity contribution >= 4 is 34.8 Å². The standard InChI is InChI=1S/C21H20Cl2F3N5O2/c22-14-4-2-13(3-5-14)15-12-16(21(24,25)26)31-19(28-15)17(23)18(29-31)20(32)27-6-1-7-30-8-10-33-11-9-30/h2-5,12H,1,6-11H2,(H,27,32). The van der Waals surface area contributed by atoms with Gasteiger partial charge in [-0.2, -0.15) is 18.3 Å². The molecule has 0 spiro atoms. The number of nitrogens with one attached hydrogen (secondary N) is 1. The monoisotopic (exact) mass is 501 g/mol. The molecule has 33 heavy (non-hydrogen) atoms. The number of fused-ring (bicyclic) bond motifs is 1. The van der Waals surface area contributed by atoms with Gasteiger partial charge in [-0.25, -0.2) is 9.50 Å². The lowest BCUT2D eigenvalue weighted by atomic mass is 10.1. The number of halogens is 5. The first-order chi connectivity index (χ1) is 15.7. The molecule has 0 radical (unpaired) electrons. The lowest BCUT2D eigenvalue weighted by Crippen LogP contribution is -2.38. The minimum absolute atomic E-state index is 0.0331. The van der Waals surface area contributed by atoms with Crippen LogP contribution in [0.15, 0.2) is 30.3 Å². The second-order valence-electron chi connectivity index (χ2n) is 7.49. The molecule has 0 aliphatic carbocycles. The number of hydrogen-bond donors (Lipinski definition) is 1. The zero-order chi connectivity index (χ0) is 23.6. The molecular weight excluding hydrogens is 482 g/mol. The first-order valence-corrected chi connectivity index (χ1v) is 11.0. The van der Waals surface area contributed by atoms with Crippen LogP contribution in [0.1, 0.15) is 22.6 Å². The fourth-order valence-electron chi connectivity index (χ4n) is 3.52. The van der Waals surface area contributed by atoms with Gasteiger partial charge in [0.2, 0.25) is 0 Å². The highest BCUT2D eigenvalue weighted by molar-refractivity contribution is 6.36. The molecule has 1 aromatic carbocycles. The number of aromatic nitrogens is 3. The Balaban J connectivity index is 1.58. The van der Waals surface area contributed by atoms with E-state index in [4.69, 9.17) is 27.9 Å². The first kappa shape index (κ1) is 23.7. The van der Waals surface area contributed by atoms with Crippen LogP contribution in [0, 0.1) is 0 Å². The van der Waals surface area contributed by atoms with E-state index >= 15 is 0 Å². The third kappa shape index (κ3) is 5.40. The van der Waals surface area contributed by atoms with Crippen LogP contribution in [0.5, 0.6) is 0 Å². The van der Waals surface area contributed by atoms with Crippen molar-refractivity contribution in [2.24, 2.45) is 0 Å². The van der Waals surface area contributed by atoms with Gasteiger partial charge in [0.15, 0.2) is 17.0 Å². The second-order valence-corrected chi connectivity index (χ2v) is 8.31. The Morgan fingerprint density at radius 1 is 1.15 bits per heavy atom. The van der Waals surface area contributed by atoms with Crippen molar-refractivity contribution in [3.63, 3.8) is 0 Å². The van der Waals surface area contributed by atoms with Gasteiger partial charge in [-0.05, 0) is 31.2 Å². The largest absolute Gasteiger partial charge is 0.433 e. The van der Waals surface area contributed by atoms with Crippen molar-refractivity contribution < 1.29 is 22.7 Å². The second kappa shape index (κ2) is 9.84. The van der Waals surface area contributed by atoms with Crippen LogP contribution < -0.4 is 5.32 Å². The van der Waals surface area contributed by atoms with E-state index in [9.17, 15) is 18.0 Å². The Bertz CT molecular complexity index is 1150. The number of hydrogen-bond acceptors (Lipinski definition) is 5. The highest BCUT2D eigenvalue weighted by Crippen LogP contribution is 2.34. The minimum atomic E-state index is -4.75. The fourth-order valence-corrected chi connectivity index (χ4v) is 3.89. The van der Waals surface area contributed by atoms with Crippen LogP contribution in [0.2, 0.25) is 10.0 Å². The summed E-state index contributed by atoms with van der Waals surface area (Å²) in [7, 11) is 0. The molecule has 1 aliphatic heterocycles. The maximum absolute atomic E-state index is 13.8. The molecule has 0 bridgehead atoms. The molecule has 1 fully saturated rings. The van der Waals surface area contributed by atoms with Crippen molar-refractivity contribution in [2.75, 3.05) is 39.4 Å². The smallest absolute Gasteiger partial charge is 0.379 e. The van der Waals surface area contributed by atoms with Gasteiger partial charge in [-0.3, -0.25) is 9.69 Å². The Kier molecular flexibility index (Phi) is 7.08. The van der Waals surface area contributed by atoms with E-state index in [1.807, 2.05) is 0 Å². The number of benzene rings is 1. The van der Waals surface area contributed by atoms with E-state index < -0.39 is 17.8 Å². The summed E-state index contributed by atoms with van der Waals surface area (Å²) in [4.78, 5) is 19.1. The van der Waals surface area contributed by atoms with Crippen LogP contribution in [0.25, 0.3) is 16.9 Å². The van der Waals surface area contributed by atoms with Crippen molar-refractivity contribution in [1.82, 2.24) is 24.8 Å². The Morgan fingerprint density at radius 3 is 2.52 bits per heavy atom. The number of carbonyl (C=O) groups excluding carboxylic acids is 1. The SMILES string of the molecule is O=C(NCCCN1CCOCC1)c1nn2c(C(F)(F)F)cc(-c3ccc(Cl)cc3)nc2c1Cl. The Labute approximate surface area is 197 Å². The molecule has 1 saturated heterocycles. The summed E-state index contributed by atoms with van der Waals surface area (Å²) in [6.07, 6.45) is -4.08. The predicted octanol–water partition coefficient (Wildman–Crippen LogP) is 4.17. The van der Waals surface area contributed by atoms with Gasteiger partial charge in [0.05, 0.1) is 18.9 Å². The summed E-state index contributed by atoms with van der Waals surface area (Å²) < 4.78 is 47.2. The van der Waals surface area contributed by atoms with Crippen LogP contribution in [0.4, 0.5) is 13.2 Å². The summed E-state index contributed by atoms with van der Waals surface area (Å²) in [6, 6.07) is 7.05. The number of ether oxygens (including phenoxy) is 1. The molecule has 0 saturated carbocycles. The third-order valence-electron chi connectivity index (χ3n) is 5.22. The summed E-state index contributed by atoms with van der Waals surface area (Å²) >= 11 is 12.1. The maximum atomic E-state index is 13.8. The van der Waals surface area contributed by atoms with Gasteiger partial charge in [0, 0.05) is 30.2 Å². The summed E-state index contributed by atoms with van der Waals surface area (Å²) in [6.45, 7) is 4.11. The normalized spacial score (nSPS) is 15.2. The maximum Gasteiger partial charge on any atom is 0.433 e. The number of amides is 1. The van der Waals surface area contributed by atoms with Crippen LogP contribution in [-0.2, 0) is 10.9 Å². The zero-order valence-corrected chi connectivity index (χ0v) is 18.8. The van der Waals surface area contributed by atoms with Crippen molar-refractivity contribution in [1.29, 1.82) is 0 Å². The minimum Gasteiger partial charge on any atom is -0.379 e. The number of alkyl halides is 3. The molecular formula is C21H20Cl2F3N5O2. The number of rotatable bonds is 6. The molecule has 12 heteroatoms. The van der Waals surface area contributed by atoms with E-state index in [1.165, 1.54) is 0 Å². The van der Waals surface area contributed by atoms with Crippen molar-refractivity contribution in [2.45, 2.75) is 12.6 Å². The molecule has 1 aliphatic rings. The average molecular weight is 502 g/mol. The molecule has 7 nitrogen and oxygen atoms in total.